The van der Waals surface area contributed by atoms with E-state index < -0.39 is 38.1 Å². The fourth-order valence-corrected chi connectivity index (χ4v) is 5.01. The van der Waals surface area contributed by atoms with E-state index in [1.54, 1.807) is 30.3 Å². The molecule has 1 amide bonds. The average Bonchev–Trinajstić information content (AvgIpc) is 3.46. The fourth-order valence-electron chi connectivity index (χ4n) is 5.01. The first-order valence-electron chi connectivity index (χ1n) is 12.8. The van der Waals surface area contributed by atoms with Crippen LogP contribution in [0.15, 0.2) is 65.8 Å². The van der Waals surface area contributed by atoms with Crippen molar-refractivity contribution in [1.29, 1.82) is 0 Å². The van der Waals surface area contributed by atoms with Gasteiger partial charge in [0, 0.05) is 43.8 Å². The number of nitro groups is 3. The summed E-state index contributed by atoms with van der Waals surface area (Å²) < 4.78 is 10.5. The molecule has 3 aromatic rings. The lowest BCUT2D eigenvalue weighted by molar-refractivity contribution is -0.392. The van der Waals surface area contributed by atoms with Crippen molar-refractivity contribution in [2.24, 2.45) is 5.10 Å². The van der Waals surface area contributed by atoms with Crippen molar-refractivity contribution in [2.75, 3.05) is 38.3 Å². The first-order valence-corrected chi connectivity index (χ1v) is 12.8. The van der Waals surface area contributed by atoms with Crippen molar-refractivity contribution in [3.05, 3.63) is 108 Å². The van der Waals surface area contributed by atoms with Gasteiger partial charge in [0.05, 0.1) is 52.4 Å². The molecule has 5 rings (SSSR count). The molecule has 0 spiro atoms. The van der Waals surface area contributed by atoms with Crippen LogP contribution < -0.4 is 9.64 Å². The van der Waals surface area contributed by atoms with E-state index in [1.165, 1.54) is 30.2 Å². The summed E-state index contributed by atoms with van der Waals surface area (Å²) in [4.78, 5) is 49.0. The zero-order chi connectivity index (χ0) is 30.0. The molecule has 15 heteroatoms. The average molecular weight is 577 g/mol. The molecule has 42 heavy (non-hydrogen) atoms. The van der Waals surface area contributed by atoms with E-state index >= 15 is 0 Å². The minimum atomic E-state index is -0.838. The monoisotopic (exact) mass is 576 g/mol. The molecular weight excluding hydrogens is 552 g/mol. The van der Waals surface area contributed by atoms with E-state index in [0.717, 1.165) is 17.1 Å². The summed E-state index contributed by atoms with van der Waals surface area (Å²) in [5.41, 5.74) is -0.389. The van der Waals surface area contributed by atoms with Gasteiger partial charge in [-0.25, -0.2) is 5.01 Å². The Kier molecular flexibility index (Phi) is 7.75. The van der Waals surface area contributed by atoms with E-state index in [4.69, 9.17) is 9.47 Å². The Hall–Kier alpha value is -5.44. The standard InChI is InChI=1S/C27H24N6O9/c1-41-21-7-5-17(6-8-21)22-16-23(18-3-2-4-20(13-18)31(35)36)30(28-22)27(34)19-14-24(32(37)38)26(25(15-19)33(39)40)29-9-11-42-12-10-29/h2-8,13-15,23H,9-12,16H2,1H3/t23-/m0/s1. The third-order valence-corrected chi connectivity index (χ3v) is 7.04. The summed E-state index contributed by atoms with van der Waals surface area (Å²) in [6, 6.07) is 13.8. The maximum absolute atomic E-state index is 14.0. The number of nitrogens with zero attached hydrogens (tertiary/aromatic N) is 6. The highest BCUT2D eigenvalue weighted by Crippen LogP contribution is 2.41. The van der Waals surface area contributed by atoms with Crippen molar-refractivity contribution < 1.29 is 29.0 Å². The first-order chi connectivity index (χ1) is 20.2. The van der Waals surface area contributed by atoms with E-state index in [0.29, 0.717) is 22.6 Å². The number of ether oxygens (including phenoxy) is 2. The number of benzene rings is 3. The number of methoxy groups -OCH3 is 1. The molecule has 2 aliphatic rings. The topological polar surface area (TPSA) is 184 Å². The second-order valence-electron chi connectivity index (χ2n) is 9.47. The molecule has 0 radical (unpaired) electrons. The van der Waals surface area contributed by atoms with Gasteiger partial charge in [-0.1, -0.05) is 12.1 Å². The van der Waals surface area contributed by atoms with Crippen molar-refractivity contribution in [1.82, 2.24) is 5.01 Å². The van der Waals surface area contributed by atoms with E-state index in [9.17, 15) is 35.1 Å². The van der Waals surface area contributed by atoms with E-state index in [1.807, 2.05) is 0 Å². The van der Waals surface area contributed by atoms with Crippen LogP contribution in [-0.2, 0) is 4.74 Å². The van der Waals surface area contributed by atoms with Gasteiger partial charge in [-0.15, -0.1) is 0 Å². The van der Waals surface area contributed by atoms with Gasteiger partial charge < -0.3 is 14.4 Å². The third-order valence-electron chi connectivity index (χ3n) is 7.04. The minimum Gasteiger partial charge on any atom is -0.497 e. The van der Waals surface area contributed by atoms with Crippen molar-refractivity contribution >= 4 is 34.4 Å². The normalized spacial score (nSPS) is 16.6. The summed E-state index contributed by atoms with van der Waals surface area (Å²) in [6.45, 7) is 0.865. The number of non-ortho nitro benzene ring substituents is 1. The molecule has 0 bridgehead atoms. The summed E-state index contributed by atoms with van der Waals surface area (Å²) in [5, 5.41) is 41.3. The predicted octanol–water partition coefficient (Wildman–Crippen LogP) is 4.25. The maximum Gasteiger partial charge on any atom is 0.300 e. The highest BCUT2D eigenvalue weighted by atomic mass is 16.6. The Balaban J connectivity index is 1.61. The molecule has 0 aliphatic carbocycles. The van der Waals surface area contributed by atoms with Crippen LogP contribution in [0, 0.1) is 30.3 Å². The van der Waals surface area contributed by atoms with Crippen LogP contribution in [0.25, 0.3) is 0 Å². The quantitative estimate of drug-likeness (QED) is 0.277. The SMILES string of the molecule is COc1ccc(C2=NN(C(=O)c3cc([N+](=O)[O-])c(N4CCOCC4)c([N+](=O)[O-])c3)[C@H](c3cccc([N+](=O)[O-])c3)C2)cc1. The zero-order valence-electron chi connectivity index (χ0n) is 22.2. The van der Waals surface area contributed by atoms with Crippen molar-refractivity contribution in [3.8, 4) is 5.75 Å². The maximum atomic E-state index is 14.0. The van der Waals surface area contributed by atoms with Crippen LogP contribution >= 0.6 is 0 Å². The Labute approximate surface area is 238 Å². The fraction of sp³-hybridized carbons (Fsp3) is 0.259. The van der Waals surface area contributed by atoms with Crippen LogP contribution in [0.5, 0.6) is 5.75 Å². The van der Waals surface area contributed by atoms with Crippen molar-refractivity contribution in [3.63, 3.8) is 0 Å². The van der Waals surface area contributed by atoms with Crippen molar-refractivity contribution in [2.45, 2.75) is 12.5 Å². The first kappa shape index (κ1) is 28.1. The Morgan fingerprint density at radius 2 is 1.57 bits per heavy atom. The second-order valence-corrected chi connectivity index (χ2v) is 9.47. The molecule has 1 fully saturated rings. The molecular formula is C27H24N6O9. The van der Waals surface area contributed by atoms with Gasteiger partial charge >= 0.3 is 0 Å². The third kappa shape index (κ3) is 5.44. The van der Waals surface area contributed by atoms with E-state index in [2.05, 4.69) is 5.10 Å². The van der Waals surface area contributed by atoms with Crippen LogP contribution in [0.1, 0.15) is 33.9 Å². The Morgan fingerprint density at radius 1 is 0.929 bits per heavy atom. The number of nitro benzene ring substituents is 3. The molecule has 0 N–H and O–H groups in total. The van der Waals surface area contributed by atoms with Gasteiger partial charge in [0.2, 0.25) is 0 Å². The van der Waals surface area contributed by atoms with Gasteiger partial charge in [0.25, 0.3) is 23.0 Å². The number of carbonyl (C=O) groups is 1. The number of hydrazone groups is 1. The number of hydrogen-bond acceptors (Lipinski definition) is 11. The molecule has 216 valence electrons. The Morgan fingerprint density at radius 3 is 2.14 bits per heavy atom. The molecule has 1 atom stereocenters. The Bertz CT molecular complexity index is 1570. The highest BCUT2D eigenvalue weighted by Gasteiger charge is 2.38. The number of hydrogen-bond donors (Lipinski definition) is 0. The second kappa shape index (κ2) is 11.6. The molecule has 2 heterocycles. The van der Waals surface area contributed by atoms with E-state index in [-0.39, 0.29) is 49.7 Å². The molecule has 15 nitrogen and oxygen atoms in total. The molecule has 0 unspecified atom stereocenters. The van der Waals surface area contributed by atoms with Crippen LogP contribution in [0.2, 0.25) is 0 Å². The van der Waals surface area contributed by atoms with Crippen LogP contribution in [-0.4, -0.2) is 64.8 Å². The minimum absolute atomic E-state index is 0.162. The summed E-state index contributed by atoms with van der Waals surface area (Å²) >= 11 is 0. The lowest BCUT2D eigenvalue weighted by atomic mass is 9.97. The van der Waals surface area contributed by atoms with Gasteiger partial charge in [-0.2, -0.15) is 5.10 Å². The molecule has 3 aromatic carbocycles. The molecule has 2 aliphatic heterocycles. The number of anilines is 1. The number of rotatable bonds is 8. The van der Waals surface area contributed by atoms with Gasteiger partial charge in [-0.05, 0) is 35.4 Å². The number of morpholine rings is 1. The molecule has 0 saturated carbocycles. The summed E-state index contributed by atoms with van der Waals surface area (Å²) in [7, 11) is 1.52. The zero-order valence-corrected chi connectivity index (χ0v) is 22.2. The van der Waals surface area contributed by atoms with Gasteiger partial charge in [-0.3, -0.25) is 35.1 Å². The number of amides is 1. The van der Waals surface area contributed by atoms with Gasteiger partial charge in [0.1, 0.15) is 5.75 Å². The highest BCUT2D eigenvalue weighted by molar-refractivity contribution is 6.05. The smallest absolute Gasteiger partial charge is 0.300 e. The molecule has 0 aromatic heterocycles. The van der Waals surface area contributed by atoms with Gasteiger partial charge in [0.15, 0.2) is 5.69 Å². The summed E-state index contributed by atoms with van der Waals surface area (Å²) in [6.07, 6.45) is 0.162. The largest absolute Gasteiger partial charge is 0.497 e. The lowest BCUT2D eigenvalue weighted by Gasteiger charge is -2.28. The lowest BCUT2D eigenvalue weighted by Crippen LogP contribution is -2.37. The molecule has 1 saturated heterocycles. The predicted molar refractivity (Wildman–Crippen MR) is 149 cm³/mol. The summed E-state index contributed by atoms with van der Waals surface area (Å²) in [5.74, 6) is -0.241. The van der Waals surface area contributed by atoms with Crippen LogP contribution in [0.4, 0.5) is 22.7 Å². The van der Waals surface area contributed by atoms with Crippen LogP contribution in [0.3, 0.4) is 0 Å². The number of carbonyl (C=O) groups excluding carboxylic acids is 1.